The summed E-state index contributed by atoms with van der Waals surface area (Å²) in [6.07, 6.45) is 0.686. The number of rotatable bonds is 5. The number of hydrogen-bond donors (Lipinski definition) is 1. The van der Waals surface area contributed by atoms with Gasteiger partial charge < -0.3 is 10.1 Å². The summed E-state index contributed by atoms with van der Waals surface area (Å²) in [7, 11) is 0. The molecular weight excluding hydrogens is 248 g/mol. The Morgan fingerprint density at radius 1 is 1.47 bits per heavy atom. The predicted molar refractivity (Wildman–Crippen MR) is 67.9 cm³/mol. The second-order valence-electron chi connectivity index (χ2n) is 4.54. The van der Waals surface area contributed by atoms with Crippen LogP contribution in [0.2, 0.25) is 0 Å². The van der Waals surface area contributed by atoms with E-state index in [4.69, 9.17) is 4.74 Å². The van der Waals surface area contributed by atoms with Crippen molar-refractivity contribution < 1.29 is 14.5 Å². The Kier molecular flexibility index (Phi) is 4.46. The van der Waals surface area contributed by atoms with E-state index in [1.165, 1.54) is 0 Å². The number of carbonyl (C=O) groups excluding carboxylic acids is 1. The summed E-state index contributed by atoms with van der Waals surface area (Å²) < 4.78 is 4.98. The van der Waals surface area contributed by atoms with Gasteiger partial charge in [-0.05, 0) is 31.5 Å². The number of hydrogen-bond acceptors (Lipinski definition) is 5. The van der Waals surface area contributed by atoms with Crippen LogP contribution in [0.3, 0.4) is 0 Å². The monoisotopic (exact) mass is 264 g/mol. The van der Waals surface area contributed by atoms with Crippen LogP contribution in [0.1, 0.15) is 31.1 Å². The van der Waals surface area contributed by atoms with Gasteiger partial charge in [0, 0.05) is 6.04 Å². The minimum Gasteiger partial charge on any atom is -0.394 e. The maximum atomic E-state index is 11.7. The summed E-state index contributed by atoms with van der Waals surface area (Å²) in [4.78, 5) is 22.1. The zero-order valence-electron chi connectivity index (χ0n) is 10.5. The molecule has 19 heavy (non-hydrogen) atoms. The topological polar surface area (TPSA) is 81.5 Å². The molecule has 0 spiro atoms. The molecule has 6 nitrogen and oxygen atoms in total. The summed E-state index contributed by atoms with van der Waals surface area (Å²) in [6, 6.07) is 8.35. The van der Waals surface area contributed by atoms with Crippen molar-refractivity contribution in [3.8, 4) is 0 Å². The normalized spacial score (nSPS) is 19.9. The highest BCUT2D eigenvalue weighted by Gasteiger charge is 2.28. The number of nitrogens with zero attached hydrogens (tertiary/aromatic N) is 1. The van der Waals surface area contributed by atoms with Gasteiger partial charge >= 0.3 is 12.2 Å². The first-order chi connectivity index (χ1) is 9.16. The van der Waals surface area contributed by atoms with Crippen molar-refractivity contribution in [2.75, 3.05) is 6.54 Å². The molecular formula is C13H16N2O4. The molecule has 0 aromatic heterocycles. The van der Waals surface area contributed by atoms with Crippen LogP contribution in [0.15, 0.2) is 30.3 Å². The largest absolute Gasteiger partial charge is 0.394 e. The molecule has 1 aliphatic heterocycles. The highest BCUT2D eigenvalue weighted by Crippen LogP contribution is 2.19. The van der Waals surface area contributed by atoms with Gasteiger partial charge in [0.05, 0.1) is 16.9 Å². The molecule has 0 bridgehead atoms. The smallest absolute Gasteiger partial charge is 0.382 e. The molecule has 102 valence electrons. The Hall–Kier alpha value is -1.95. The third-order valence-corrected chi connectivity index (χ3v) is 3.09. The predicted octanol–water partition coefficient (Wildman–Crippen LogP) is 1.65. The third-order valence-electron chi connectivity index (χ3n) is 3.09. The van der Waals surface area contributed by atoms with Crippen molar-refractivity contribution in [3.63, 3.8) is 0 Å². The van der Waals surface area contributed by atoms with Crippen LogP contribution in [0.5, 0.6) is 0 Å². The number of nitrogens with one attached hydrogen (secondary N) is 1. The van der Waals surface area contributed by atoms with Gasteiger partial charge in [-0.15, -0.1) is 0 Å². The van der Waals surface area contributed by atoms with Crippen LogP contribution < -0.4 is 5.32 Å². The molecule has 0 aliphatic carbocycles. The van der Waals surface area contributed by atoms with Crippen LogP contribution >= 0.6 is 0 Å². The lowest BCUT2D eigenvalue weighted by atomic mass is 10.1. The van der Waals surface area contributed by atoms with Crippen molar-refractivity contribution in [2.24, 2.45) is 0 Å². The van der Waals surface area contributed by atoms with Gasteiger partial charge in [-0.2, -0.15) is 0 Å². The quantitative estimate of drug-likeness (QED) is 0.378. The Morgan fingerprint density at radius 2 is 2.21 bits per heavy atom. The Morgan fingerprint density at radius 3 is 2.79 bits per heavy atom. The molecule has 6 heteroatoms. The average Bonchev–Trinajstić information content (AvgIpc) is 2.89. The molecule has 1 aliphatic rings. The van der Waals surface area contributed by atoms with E-state index in [0.717, 1.165) is 19.4 Å². The van der Waals surface area contributed by atoms with Crippen LogP contribution in [0, 0.1) is 10.1 Å². The van der Waals surface area contributed by atoms with Gasteiger partial charge in [-0.25, -0.2) is 0 Å². The van der Waals surface area contributed by atoms with Gasteiger partial charge in [0.1, 0.15) is 0 Å². The molecule has 0 amide bonds. The van der Waals surface area contributed by atoms with E-state index in [0.29, 0.717) is 5.56 Å². The zero-order chi connectivity index (χ0) is 13.7. The van der Waals surface area contributed by atoms with Gasteiger partial charge in [0.2, 0.25) is 0 Å². The van der Waals surface area contributed by atoms with Crippen LogP contribution in [0.4, 0.5) is 0 Å². The first-order valence-electron chi connectivity index (χ1n) is 6.28. The van der Waals surface area contributed by atoms with Gasteiger partial charge in [0.15, 0.2) is 0 Å². The molecule has 0 saturated carbocycles. The second-order valence-corrected chi connectivity index (χ2v) is 4.54. The summed E-state index contributed by atoms with van der Waals surface area (Å²) in [5.74, 6) is -0.537. The number of benzene rings is 1. The van der Waals surface area contributed by atoms with Crippen molar-refractivity contribution in [1.82, 2.24) is 5.32 Å². The van der Waals surface area contributed by atoms with Gasteiger partial charge in [0.25, 0.3) is 0 Å². The zero-order valence-corrected chi connectivity index (χ0v) is 10.5. The third kappa shape index (κ3) is 3.75. The maximum absolute atomic E-state index is 11.7. The molecule has 1 aromatic rings. The van der Waals surface area contributed by atoms with Crippen LogP contribution in [-0.2, 0) is 9.53 Å². The lowest BCUT2D eigenvalue weighted by Crippen LogP contribution is -2.27. The van der Waals surface area contributed by atoms with E-state index in [9.17, 15) is 14.9 Å². The number of nitro groups is 1. The van der Waals surface area contributed by atoms with Crippen molar-refractivity contribution in [2.45, 2.75) is 31.5 Å². The summed E-state index contributed by atoms with van der Waals surface area (Å²) >= 11 is 0. The highest BCUT2D eigenvalue weighted by atomic mass is 16.7. The molecule has 1 heterocycles. The summed E-state index contributed by atoms with van der Waals surface area (Å²) in [5, 5.41) is 14.1. The van der Waals surface area contributed by atoms with Gasteiger partial charge in [-0.3, -0.25) is 14.9 Å². The van der Waals surface area contributed by atoms with E-state index >= 15 is 0 Å². The van der Waals surface area contributed by atoms with E-state index in [1.807, 2.05) is 0 Å². The van der Waals surface area contributed by atoms with Crippen LogP contribution in [-0.4, -0.2) is 23.5 Å². The lowest BCUT2D eigenvalue weighted by molar-refractivity contribution is -0.576. The molecule has 2 unspecified atom stereocenters. The fourth-order valence-corrected chi connectivity index (χ4v) is 2.16. The van der Waals surface area contributed by atoms with Crippen molar-refractivity contribution >= 4 is 5.97 Å². The average molecular weight is 264 g/mol. The molecule has 1 aromatic carbocycles. The molecule has 2 rings (SSSR count). The molecule has 1 saturated heterocycles. The minimum absolute atomic E-state index is 0.0793. The second kappa shape index (κ2) is 6.29. The first kappa shape index (κ1) is 13.5. The molecule has 1 N–H and O–H groups in total. The Balaban J connectivity index is 1.97. The van der Waals surface area contributed by atoms with Crippen molar-refractivity contribution in [1.29, 1.82) is 0 Å². The number of carbonyl (C=O) groups is 1. The fourth-order valence-electron chi connectivity index (χ4n) is 2.16. The maximum Gasteiger partial charge on any atom is 0.382 e. The standard InChI is InChI=1S/C13H16N2O4/c16-12(9-11-7-4-8-14-11)19-13(15(17)18)10-5-2-1-3-6-10/h1-3,5-6,11,13-14H,4,7-9H2. The molecule has 2 atom stereocenters. The minimum atomic E-state index is -1.42. The SMILES string of the molecule is O=C(CC1CCCN1)OC(c1ccccc1)[N+](=O)[O-]. The Labute approximate surface area is 110 Å². The summed E-state index contributed by atoms with van der Waals surface area (Å²) in [5.41, 5.74) is 0.375. The van der Waals surface area contributed by atoms with E-state index in [2.05, 4.69) is 5.32 Å². The first-order valence-corrected chi connectivity index (χ1v) is 6.28. The van der Waals surface area contributed by atoms with E-state index in [-0.39, 0.29) is 12.5 Å². The molecule has 0 radical (unpaired) electrons. The number of esters is 1. The van der Waals surface area contributed by atoms with E-state index < -0.39 is 17.1 Å². The van der Waals surface area contributed by atoms with Crippen molar-refractivity contribution in [3.05, 3.63) is 46.0 Å². The summed E-state index contributed by atoms with van der Waals surface area (Å²) in [6.45, 7) is 0.884. The fraction of sp³-hybridized carbons (Fsp3) is 0.462. The van der Waals surface area contributed by atoms with E-state index in [1.54, 1.807) is 30.3 Å². The van der Waals surface area contributed by atoms with Crippen LogP contribution in [0.25, 0.3) is 0 Å². The Bertz CT molecular complexity index is 443. The lowest BCUT2D eigenvalue weighted by Gasteiger charge is -2.13. The van der Waals surface area contributed by atoms with Gasteiger partial charge in [-0.1, -0.05) is 18.2 Å². The molecule has 1 fully saturated rings. The highest BCUT2D eigenvalue weighted by molar-refractivity contribution is 5.70. The number of ether oxygens (including phenoxy) is 1.